The van der Waals surface area contributed by atoms with Crippen molar-refractivity contribution >= 4 is 12.0 Å². The van der Waals surface area contributed by atoms with Crippen LogP contribution in [0.2, 0.25) is 0 Å². The average molecular weight is 293 g/mol. The third-order valence-corrected chi connectivity index (χ3v) is 4.08. The molecule has 0 fully saturated rings. The van der Waals surface area contributed by atoms with Crippen molar-refractivity contribution in [3.8, 4) is 0 Å². The van der Waals surface area contributed by atoms with Gasteiger partial charge < -0.3 is 5.11 Å². The predicted molar refractivity (Wildman–Crippen MR) is 87.5 cm³/mol. The van der Waals surface area contributed by atoms with E-state index < -0.39 is 12.0 Å². The maximum atomic E-state index is 11.5. The number of hydrogen-bond acceptors (Lipinski definition) is 2. The highest BCUT2D eigenvalue weighted by Gasteiger charge is 2.30. The molecule has 1 N–H and O–H groups in total. The Labute approximate surface area is 130 Å². The summed E-state index contributed by atoms with van der Waals surface area (Å²) in [7, 11) is 0. The van der Waals surface area contributed by atoms with Gasteiger partial charge in [0.2, 0.25) is 0 Å². The van der Waals surface area contributed by atoms with Crippen LogP contribution in [0.4, 0.5) is 0 Å². The summed E-state index contributed by atoms with van der Waals surface area (Å²) in [5.74, 6) is -0.748. The lowest BCUT2D eigenvalue weighted by molar-refractivity contribution is -0.143. The Morgan fingerprint density at radius 1 is 1.09 bits per heavy atom. The van der Waals surface area contributed by atoms with Crippen LogP contribution in [-0.4, -0.2) is 28.6 Å². The van der Waals surface area contributed by atoms with Crippen LogP contribution in [0.25, 0.3) is 6.08 Å². The van der Waals surface area contributed by atoms with Crippen molar-refractivity contribution in [3.05, 3.63) is 77.4 Å². The lowest BCUT2D eigenvalue weighted by Gasteiger charge is -2.33. The summed E-state index contributed by atoms with van der Waals surface area (Å²) in [6.07, 6.45) is 4.66. The first-order valence-electron chi connectivity index (χ1n) is 7.49. The number of carbonyl (C=O) groups is 1. The second kappa shape index (κ2) is 6.58. The predicted octanol–water partition coefficient (Wildman–Crippen LogP) is 3.21. The SMILES string of the molecule is O=C(O)C1Cc2ccccc2CN1C/C=C/c1ccccc1. The molecule has 0 saturated carbocycles. The molecule has 3 heteroatoms. The van der Waals surface area contributed by atoms with Crippen LogP contribution < -0.4 is 0 Å². The Hall–Kier alpha value is -2.39. The van der Waals surface area contributed by atoms with E-state index in [0.717, 1.165) is 11.1 Å². The molecule has 1 aliphatic heterocycles. The van der Waals surface area contributed by atoms with Gasteiger partial charge in [-0.05, 0) is 23.1 Å². The summed E-state index contributed by atoms with van der Waals surface area (Å²) in [4.78, 5) is 13.6. The van der Waals surface area contributed by atoms with E-state index >= 15 is 0 Å². The molecular formula is C19H19NO2. The van der Waals surface area contributed by atoms with Crippen LogP contribution in [0, 0.1) is 0 Å². The number of carboxylic acids is 1. The van der Waals surface area contributed by atoms with Gasteiger partial charge in [-0.2, -0.15) is 0 Å². The minimum absolute atomic E-state index is 0.449. The Morgan fingerprint density at radius 2 is 1.77 bits per heavy atom. The van der Waals surface area contributed by atoms with Crippen molar-refractivity contribution in [2.45, 2.75) is 19.0 Å². The van der Waals surface area contributed by atoms with E-state index in [1.165, 1.54) is 5.56 Å². The van der Waals surface area contributed by atoms with Gasteiger partial charge in [0.25, 0.3) is 0 Å². The molecule has 1 aliphatic rings. The maximum absolute atomic E-state index is 11.5. The molecule has 0 aliphatic carbocycles. The standard InChI is InChI=1S/C19H19NO2/c21-19(22)18-13-16-10-4-5-11-17(16)14-20(18)12-6-9-15-7-2-1-3-8-15/h1-11,18H,12-14H2,(H,21,22)/b9-6+. The fourth-order valence-corrected chi connectivity index (χ4v) is 2.90. The van der Waals surface area contributed by atoms with Gasteiger partial charge in [0.1, 0.15) is 6.04 Å². The molecule has 0 bridgehead atoms. The highest BCUT2D eigenvalue weighted by Crippen LogP contribution is 2.23. The third kappa shape index (κ3) is 3.26. The summed E-state index contributed by atoms with van der Waals surface area (Å²) < 4.78 is 0. The molecule has 22 heavy (non-hydrogen) atoms. The van der Waals surface area contributed by atoms with Gasteiger partial charge in [0, 0.05) is 13.1 Å². The molecule has 112 valence electrons. The zero-order chi connectivity index (χ0) is 15.4. The van der Waals surface area contributed by atoms with Crippen LogP contribution in [0.5, 0.6) is 0 Å². The van der Waals surface area contributed by atoms with Crippen LogP contribution in [0.15, 0.2) is 60.7 Å². The number of aliphatic carboxylic acids is 1. The fraction of sp³-hybridized carbons (Fsp3) is 0.211. The van der Waals surface area contributed by atoms with E-state index in [1.54, 1.807) is 0 Å². The van der Waals surface area contributed by atoms with E-state index in [2.05, 4.69) is 6.07 Å². The van der Waals surface area contributed by atoms with Crippen LogP contribution in [0.1, 0.15) is 16.7 Å². The first-order chi connectivity index (χ1) is 10.7. The summed E-state index contributed by atoms with van der Waals surface area (Å²) in [5.41, 5.74) is 3.51. The number of nitrogens with zero attached hydrogens (tertiary/aromatic N) is 1. The summed E-state index contributed by atoms with van der Waals surface area (Å²) in [6.45, 7) is 1.33. The highest BCUT2D eigenvalue weighted by atomic mass is 16.4. The highest BCUT2D eigenvalue weighted by molar-refractivity contribution is 5.74. The molecule has 1 heterocycles. The van der Waals surface area contributed by atoms with Gasteiger partial charge in [-0.25, -0.2) is 0 Å². The zero-order valence-electron chi connectivity index (χ0n) is 12.4. The Bertz CT molecular complexity index is 679. The maximum Gasteiger partial charge on any atom is 0.321 e. The van der Waals surface area contributed by atoms with Crippen molar-refractivity contribution in [3.63, 3.8) is 0 Å². The quantitative estimate of drug-likeness (QED) is 0.941. The zero-order valence-corrected chi connectivity index (χ0v) is 12.4. The van der Waals surface area contributed by atoms with E-state index in [-0.39, 0.29) is 0 Å². The van der Waals surface area contributed by atoms with Gasteiger partial charge >= 0.3 is 5.97 Å². The topological polar surface area (TPSA) is 40.5 Å². The normalized spacial score (nSPS) is 18.3. The van der Waals surface area contributed by atoms with Gasteiger partial charge in [-0.15, -0.1) is 0 Å². The second-order valence-electron chi connectivity index (χ2n) is 5.57. The molecule has 0 aromatic heterocycles. The van der Waals surface area contributed by atoms with E-state index in [1.807, 2.05) is 65.6 Å². The molecule has 2 aromatic rings. The minimum atomic E-state index is -0.748. The number of rotatable bonds is 4. The number of fused-ring (bicyclic) bond motifs is 1. The Balaban J connectivity index is 1.74. The molecule has 3 rings (SSSR count). The average Bonchev–Trinajstić information content (AvgIpc) is 2.55. The van der Waals surface area contributed by atoms with Crippen molar-refractivity contribution < 1.29 is 9.90 Å². The Morgan fingerprint density at radius 3 is 2.50 bits per heavy atom. The minimum Gasteiger partial charge on any atom is -0.480 e. The molecule has 3 nitrogen and oxygen atoms in total. The van der Waals surface area contributed by atoms with Crippen molar-refractivity contribution in [2.24, 2.45) is 0 Å². The largest absolute Gasteiger partial charge is 0.480 e. The van der Waals surface area contributed by atoms with Gasteiger partial charge in [-0.3, -0.25) is 9.69 Å². The van der Waals surface area contributed by atoms with E-state index in [0.29, 0.717) is 19.5 Å². The van der Waals surface area contributed by atoms with Gasteiger partial charge in [-0.1, -0.05) is 66.7 Å². The van der Waals surface area contributed by atoms with Gasteiger partial charge in [0.15, 0.2) is 0 Å². The molecular weight excluding hydrogens is 274 g/mol. The van der Waals surface area contributed by atoms with Crippen molar-refractivity contribution in [1.29, 1.82) is 0 Å². The van der Waals surface area contributed by atoms with Crippen LogP contribution >= 0.6 is 0 Å². The van der Waals surface area contributed by atoms with Crippen LogP contribution in [0.3, 0.4) is 0 Å². The Kier molecular flexibility index (Phi) is 4.35. The molecule has 0 spiro atoms. The number of carboxylic acid groups (broad SMARTS) is 1. The van der Waals surface area contributed by atoms with Gasteiger partial charge in [0.05, 0.1) is 0 Å². The first-order valence-corrected chi connectivity index (χ1v) is 7.49. The molecule has 2 aromatic carbocycles. The van der Waals surface area contributed by atoms with Crippen molar-refractivity contribution in [2.75, 3.05) is 6.54 Å². The summed E-state index contributed by atoms with van der Waals surface area (Å²) >= 11 is 0. The third-order valence-electron chi connectivity index (χ3n) is 4.08. The van der Waals surface area contributed by atoms with E-state index in [4.69, 9.17) is 0 Å². The number of hydrogen-bond donors (Lipinski definition) is 1. The molecule has 0 radical (unpaired) electrons. The fourth-order valence-electron chi connectivity index (χ4n) is 2.90. The van der Waals surface area contributed by atoms with Crippen molar-refractivity contribution in [1.82, 2.24) is 4.90 Å². The van der Waals surface area contributed by atoms with E-state index in [9.17, 15) is 9.90 Å². The molecule has 1 unspecified atom stereocenters. The smallest absolute Gasteiger partial charge is 0.321 e. The first kappa shape index (κ1) is 14.5. The summed E-state index contributed by atoms with van der Waals surface area (Å²) in [6, 6.07) is 17.7. The molecule has 1 atom stereocenters. The summed E-state index contributed by atoms with van der Waals surface area (Å²) in [5, 5.41) is 9.48. The van der Waals surface area contributed by atoms with Crippen LogP contribution in [-0.2, 0) is 17.8 Å². The molecule has 0 amide bonds. The number of benzene rings is 2. The lowest BCUT2D eigenvalue weighted by Crippen LogP contribution is -2.45. The monoisotopic (exact) mass is 293 g/mol. The molecule has 0 saturated heterocycles. The second-order valence-corrected chi connectivity index (χ2v) is 5.57. The lowest BCUT2D eigenvalue weighted by atomic mass is 9.94.